The van der Waals surface area contributed by atoms with E-state index in [4.69, 9.17) is 11.6 Å². The van der Waals surface area contributed by atoms with Crippen molar-refractivity contribution in [3.05, 3.63) is 82.1 Å². The van der Waals surface area contributed by atoms with Gasteiger partial charge in [0.25, 0.3) is 0 Å². The van der Waals surface area contributed by atoms with Crippen LogP contribution in [-0.2, 0) is 6.42 Å². The number of ketones is 1. The van der Waals surface area contributed by atoms with E-state index in [1.165, 1.54) is 0 Å². The Morgan fingerprint density at radius 3 is 2.65 bits per heavy atom. The summed E-state index contributed by atoms with van der Waals surface area (Å²) in [6.45, 7) is 0. The molecule has 1 aliphatic carbocycles. The first-order valence-electron chi connectivity index (χ1n) is 7.22. The summed E-state index contributed by atoms with van der Waals surface area (Å²) in [4.78, 5) is 12.4. The van der Waals surface area contributed by atoms with E-state index in [0.717, 1.165) is 22.4 Å². The molecular formula is C18H12ClN3O. The Morgan fingerprint density at radius 1 is 1.09 bits per heavy atom. The van der Waals surface area contributed by atoms with Gasteiger partial charge < -0.3 is 0 Å². The van der Waals surface area contributed by atoms with Crippen molar-refractivity contribution in [2.24, 2.45) is 0 Å². The summed E-state index contributed by atoms with van der Waals surface area (Å²) in [7, 11) is 0. The third-order valence-corrected chi connectivity index (χ3v) is 4.11. The second-order valence-corrected chi connectivity index (χ2v) is 5.83. The molecule has 0 fully saturated rings. The number of rotatable bonds is 2. The van der Waals surface area contributed by atoms with Crippen LogP contribution in [0.25, 0.3) is 11.8 Å². The third kappa shape index (κ3) is 2.58. The lowest BCUT2D eigenvalue weighted by molar-refractivity contribution is 0.104. The molecule has 0 aliphatic heterocycles. The van der Waals surface area contributed by atoms with Gasteiger partial charge in [-0.05, 0) is 35.9 Å². The van der Waals surface area contributed by atoms with E-state index < -0.39 is 0 Å². The lowest BCUT2D eigenvalue weighted by Gasteiger charge is -1.98. The molecule has 1 heterocycles. The highest BCUT2D eigenvalue weighted by Crippen LogP contribution is 2.27. The first kappa shape index (κ1) is 13.9. The zero-order chi connectivity index (χ0) is 15.8. The Labute approximate surface area is 138 Å². The number of carbonyl (C=O) groups excluding carboxylic acids is 1. The smallest absolute Gasteiger partial charge is 0.189 e. The van der Waals surface area contributed by atoms with Gasteiger partial charge in [-0.15, -0.1) is 5.10 Å². The molecule has 1 aliphatic rings. The van der Waals surface area contributed by atoms with Gasteiger partial charge in [0.1, 0.15) is 5.69 Å². The number of aromatic nitrogens is 3. The van der Waals surface area contributed by atoms with E-state index in [2.05, 4.69) is 10.3 Å². The van der Waals surface area contributed by atoms with Crippen LogP contribution < -0.4 is 0 Å². The highest BCUT2D eigenvalue weighted by molar-refractivity contribution is 6.30. The molecule has 112 valence electrons. The monoisotopic (exact) mass is 321 g/mol. The third-order valence-electron chi connectivity index (χ3n) is 3.86. The van der Waals surface area contributed by atoms with Crippen molar-refractivity contribution in [2.45, 2.75) is 6.42 Å². The fourth-order valence-corrected chi connectivity index (χ4v) is 2.84. The minimum atomic E-state index is 0.0710. The maximum atomic E-state index is 12.4. The Balaban J connectivity index is 1.64. The molecule has 0 saturated carbocycles. The number of benzene rings is 2. The van der Waals surface area contributed by atoms with E-state index in [-0.39, 0.29) is 5.78 Å². The normalized spacial score (nSPS) is 15.2. The van der Waals surface area contributed by atoms with Crippen LogP contribution in [-0.4, -0.2) is 20.8 Å². The van der Waals surface area contributed by atoms with Crippen molar-refractivity contribution < 1.29 is 4.79 Å². The largest absolute Gasteiger partial charge is 0.289 e. The number of hydrogen-bond acceptors (Lipinski definition) is 3. The van der Waals surface area contributed by atoms with Gasteiger partial charge in [0.05, 0.1) is 11.9 Å². The van der Waals surface area contributed by atoms with Crippen LogP contribution in [0, 0.1) is 0 Å². The van der Waals surface area contributed by atoms with Crippen LogP contribution in [0.1, 0.15) is 21.6 Å². The highest BCUT2D eigenvalue weighted by Gasteiger charge is 2.24. The summed E-state index contributed by atoms with van der Waals surface area (Å²) in [5, 5.41) is 8.90. The molecule has 0 bridgehead atoms. The second kappa shape index (κ2) is 5.48. The van der Waals surface area contributed by atoms with Crippen molar-refractivity contribution >= 4 is 23.5 Å². The topological polar surface area (TPSA) is 47.8 Å². The molecule has 0 N–H and O–H groups in total. The first-order chi connectivity index (χ1) is 11.2. The molecule has 0 spiro atoms. The molecule has 0 unspecified atom stereocenters. The molecule has 4 nitrogen and oxygen atoms in total. The summed E-state index contributed by atoms with van der Waals surface area (Å²) in [6.07, 6.45) is 4.25. The standard InChI is InChI=1S/C18H12ClN3O/c19-14-5-7-16(8-6-14)22-11-15(20-21-22)10-13-9-12-3-1-2-4-17(12)18(13)23/h1-8,10-11H,9H2/b13-10+. The predicted octanol–water partition coefficient (Wildman–Crippen LogP) is 3.74. The molecule has 2 aromatic carbocycles. The lowest BCUT2D eigenvalue weighted by Crippen LogP contribution is -1.95. The Hall–Kier alpha value is -2.72. The van der Waals surface area contributed by atoms with E-state index in [9.17, 15) is 4.79 Å². The second-order valence-electron chi connectivity index (χ2n) is 5.40. The molecule has 23 heavy (non-hydrogen) atoms. The number of halogens is 1. The van der Waals surface area contributed by atoms with Gasteiger partial charge in [-0.25, -0.2) is 4.68 Å². The van der Waals surface area contributed by atoms with Crippen molar-refractivity contribution in [3.8, 4) is 5.69 Å². The fourth-order valence-electron chi connectivity index (χ4n) is 2.71. The van der Waals surface area contributed by atoms with E-state index in [1.54, 1.807) is 23.0 Å². The van der Waals surface area contributed by atoms with Crippen molar-refractivity contribution in [1.82, 2.24) is 15.0 Å². The van der Waals surface area contributed by atoms with Gasteiger partial charge in [-0.3, -0.25) is 4.79 Å². The molecule has 0 atom stereocenters. The average molecular weight is 322 g/mol. The molecule has 0 saturated heterocycles. The van der Waals surface area contributed by atoms with Crippen molar-refractivity contribution in [1.29, 1.82) is 0 Å². The van der Waals surface area contributed by atoms with Gasteiger partial charge in [0, 0.05) is 22.6 Å². The van der Waals surface area contributed by atoms with E-state index >= 15 is 0 Å². The number of hydrogen-bond donors (Lipinski definition) is 0. The maximum Gasteiger partial charge on any atom is 0.189 e. The summed E-state index contributed by atoms with van der Waals surface area (Å²) in [5.74, 6) is 0.0710. The Morgan fingerprint density at radius 2 is 1.87 bits per heavy atom. The maximum absolute atomic E-state index is 12.4. The quantitative estimate of drug-likeness (QED) is 0.675. The van der Waals surface area contributed by atoms with Crippen LogP contribution >= 0.6 is 11.6 Å². The van der Waals surface area contributed by atoms with Gasteiger partial charge in [0.2, 0.25) is 0 Å². The molecule has 5 heteroatoms. The summed E-state index contributed by atoms with van der Waals surface area (Å²) >= 11 is 5.89. The number of Topliss-reactive ketones (excluding diaryl/α,β-unsaturated/α-hetero) is 1. The SMILES string of the molecule is O=C1/C(=C/c2cn(-c3ccc(Cl)cc3)nn2)Cc2ccccc21. The van der Waals surface area contributed by atoms with Crippen LogP contribution in [0.2, 0.25) is 5.02 Å². The van der Waals surface area contributed by atoms with E-state index in [1.807, 2.05) is 42.5 Å². The summed E-state index contributed by atoms with van der Waals surface area (Å²) < 4.78 is 1.66. The zero-order valence-electron chi connectivity index (χ0n) is 12.1. The first-order valence-corrected chi connectivity index (χ1v) is 7.60. The molecule has 3 aromatic rings. The molecule has 0 radical (unpaired) electrons. The van der Waals surface area contributed by atoms with Gasteiger partial charge >= 0.3 is 0 Å². The van der Waals surface area contributed by atoms with Crippen LogP contribution in [0.4, 0.5) is 0 Å². The number of carbonyl (C=O) groups is 1. The van der Waals surface area contributed by atoms with Crippen LogP contribution in [0.15, 0.2) is 60.3 Å². The number of allylic oxidation sites excluding steroid dienone is 1. The minimum absolute atomic E-state index is 0.0710. The van der Waals surface area contributed by atoms with Gasteiger partial charge in [-0.1, -0.05) is 41.1 Å². The number of nitrogens with zero attached hydrogens (tertiary/aromatic N) is 3. The van der Waals surface area contributed by atoms with E-state index in [0.29, 0.717) is 17.1 Å². The summed E-state index contributed by atoms with van der Waals surface area (Å²) in [5.41, 5.74) is 4.12. The Bertz CT molecular complexity index is 925. The van der Waals surface area contributed by atoms with Crippen molar-refractivity contribution in [3.63, 3.8) is 0 Å². The van der Waals surface area contributed by atoms with Crippen LogP contribution in [0.5, 0.6) is 0 Å². The lowest BCUT2D eigenvalue weighted by atomic mass is 10.1. The number of fused-ring (bicyclic) bond motifs is 1. The fraction of sp³-hybridized carbons (Fsp3) is 0.0556. The minimum Gasteiger partial charge on any atom is -0.289 e. The Kier molecular flexibility index (Phi) is 3.32. The zero-order valence-corrected chi connectivity index (χ0v) is 12.9. The summed E-state index contributed by atoms with van der Waals surface area (Å²) in [6, 6.07) is 15.0. The highest BCUT2D eigenvalue weighted by atomic mass is 35.5. The molecule has 0 amide bonds. The van der Waals surface area contributed by atoms with Gasteiger partial charge in [0.15, 0.2) is 5.78 Å². The molecule has 4 rings (SSSR count). The average Bonchev–Trinajstić information content (AvgIpc) is 3.15. The van der Waals surface area contributed by atoms with Crippen molar-refractivity contribution in [2.75, 3.05) is 0 Å². The van der Waals surface area contributed by atoms with Gasteiger partial charge in [-0.2, -0.15) is 0 Å². The predicted molar refractivity (Wildman–Crippen MR) is 88.8 cm³/mol. The molecular weight excluding hydrogens is 310 g/mol. The van der Waals surface area contributed by atoms with Crippen LogP contribution in [0.3, 0.4) is 0 Å². The molecule has 1 aromatic heterocycles.